The first-order chi connectivity index (χ1) is 13.1. The normalized spacial score (nSPS) is 16.7. The zero-order chi connectivity index (χ0) is 18.8. The third-order valence-electron chi connectivity index (χ3n) is 4.65. The Hall–Kier alpha value is -1.88. The van der Waals surface area contributed by atoms with Crippen LogP contribution in [0.25, 0.3) is 5.70 Å². The fourth-order valence-corrected chi connectivity index (χ4v) is 4.67. The highest BCUT2D eigenvalue weighted by atomic mass is 35.5. The molecule has 0 atom stereocenters. The Morgan fingerprint density at radius 2 is 1.63 bits per heavy atom. The first kappa shape index (κ1) is 18.5. The number of hydrogen-bond donors (Lipinski definition) is 1. The number of anilines is 1. The van der Waals surface area contributed by atoms with E-state index in [1.165, 1.54) is 0 Å². The van der Waals surface area contributed by atoms with Gasteiger partial charge < -0.3 is 10.2 Å². The van der Waals surface area contributed by atoms with Crippen molar-refractivity contribution in [1.82, 2.24) is 4.90 Å². The average molecular weight is 417 g/mol. The number of carbonyl (C=O) groups excluding carboxylic acids is 1. The number of nitrogens with one attached hydrogen (secondary N) is 1. The standard InChI is InChI=1S/C21H18Cl2N2OS/c22-15-6-4-14(5-7-15)19-13-27-21-18(3-1-2-12-25(19)21)20(26)24-17-10-8-16(23)9-11-17/h4-11,13H,1-3,12H2,(H,24,26). The van der Waals surface area contributed by atoms with Crippen LogP contribution in [-0.2, 0) is 4.79 Å². The van der Waals surface area contributed by atoms with E-state index in [9.17, 15) is 4.79 Å². The quantitative estimate of drug-likeness (QED) is 0.630. The summed E-state index contributed by atoms with van der Waals surface area (Å²) >= 11 is 13.6. The molecule has 138 valence electrons. The Morgan fingerprint density at radius 1 is 0.963 bits per heavy atom. The van der Waals surface area contributed by atoms with Gasteiger partial charge in [0.1, 0.15) is 0 Å². The molecule has 0 saturated heterocycles. The van der Waals surface area contributed by atoms with Crippen LogP contribution in [0, 0.1) is 0 Å². The van der Waals surface area contributed by atoms with Gasteiger partial charge in [0.15, 0.2) is 0 Å². The van der Waals surface area contributed by atoms with Gasteiger partial charge in [0, 0.05) is 33.3 Å². The zero-order valence-electron chi connectivity index (χ0n) is 14.5. The van der Waals surface area contributed by atoms with E-state index in [1.807, 2.05) is 36.4 Å². The Labute approximate surface area is 173 Å². The summed E-state index contributed by atoms with van der Waals surface area (Å²) in [5.41, 5.74) is 3.83. The largest absolute Gasteiger partial charge is 0.335 e. The van der Waals surface area contributed by atoms with E-state index in [2.05, 4.69) is 15.6 Å². The SMILES string of the molecule is O=C(Nc1ccc(Cl)cc1)C1=C2SC=C(c3ccc(Cl)cc3)N2CCCC1. The summed E-state index contributed by atoms with van der Waals surface area (Å²) in [6.45, 7) is 0.911. The molecule has 2 aliphatic heterocycles. The molecular formula is C21H18Cl2N2OS. The number of halogens is 2. The highest BCUT2D eigenvalue weighted by Crippen LogP contribution is 2.44. The van der Waals surface area contributed by atoms with E-state index in [4.69, 9.17) is 23.2 Å². The number of fused-ring (bicyclic) bond motifs is 1. The molecular weight excluding hydrogens is 399 g/mol. The summed E-state index contributed by atoms with van der Waals surface area (Å²) in [5, 5.41) is 7.53. The second-order valence-corrected chi connectivity index (χ2v) is 8.21. The number of hydrogen-bond acceptors (Lipinski definition) is 3. The van der Waals surface area contributed by atoms with Gasteiger partial charge >= 0.3 is 0 Å². The lowest BCUT2D eigenvalue weighted by atomic mass is 10.1. The van der Waals surface area contributed by atoms with Gasteiger partial charge in [-0.1, -0.05) is 47.1 Å². The second kappa shape index (κ2) is 8.01. The fraction of sp³-hybridized carbons (Fsp3) is 0.190. The van der Waals surface area contributed by atoms with Crippen LogP contribution in [-0.4, -0.2) is 17.4 Å². The molecule has 2 aliphatic rings. The number of benzene rings is 2. The molecule has 2 aromatic rings. The van der Waals surface area contributed by atoms with Gasteiger partial charge in [-0.15, -0.1) is 0 Å². The van der Waals surface area contributed by atoms with Gasteiger partial charge in [0.25, 0.3) is 5.91 Å². The summed E-state index contributed by atoms with van der Waals surface area (Å²) in [4.78, 5) is 15.2. The van der Waals surface area contributed by atoms with Crippen molar-refractivity contribution in [3.63, 3.8) is 0 Å². The van der Waals surface area contributed by atoms with Crippen molar-refractivity contribution in [2.45, 2.75) is 19.3 Å². The van der Waals surface area contributed by atoms with Gasteiger partial charge in [-0.2, -0.15) is 0 Å². The van der Waals surface area contributed by atoms with E-state index in [-0.39, 0.29) is 5.91 Å². The van der Waals surface area contributed by atoms with Crippen LogP contribution >= 0.6 is 35.0 Å². The Kier molecular flexibility index (Phi) is 5.48. The highest BCUT2D eigenvalue weighted by Gasteiger charge is 2.29. The Morgan fingerprint density at radius 3 is 2.33 bits per heavy atom. The number of thioether (sulfide) groups is 1. The molecule has 0 aliphatic carbocycles. The predicted molar refractivity (Wildman–Crippen MR) is 115 cm³/mol. The minimum Gasteiger partial charge on any atom is -0.335 e. The van der Waals surface area contributed by atoms with Gasteiger partial charge in [-0.05, 0) is 61.2 Å². The minimum atomic E-state index is -0.0440. The number of amides is 1. The topological polar surface area (TPSA) is 32.3 Å². The van der Waals surface area contributed by atoms with Crippen LogP contribution in [0.3, 0.4) is 0 Å². The van der Waals surface area contributed by atoms with Crippen molar-refractivity contribution in [1.29, 1.82) is 0 Å². The maximum absolute atomic E-state index is 13.0. The maximum Gasteiger partial charge on any atom is 0.254 e. The summed E-state index contributed by atoms with van der Waals surface area (Å²) < 4.78 is 0. The first-order valence-corrected chi connectivity index (χ1v) is 10.5. The third kappa shape index (κ3) is 4.03. The van der Waals surface area contributed by atoms with E-state index in [0.717, 1.165) is 58.4 Å². The minimum absolute atomic E-state index is 0.0440. The van der Waals surface area contributed by atoms with E-state index >= 15 is 0 Å². The zero-order valence-corrected chi connectivity index (χ0v) is 16.9. The monoisotopic (exact) mass is 416 g/mol. The molecule has 27 heavy (non-hydrogen) atoms. The molecule has 0 unspecified atom stereocenters. The predicted octanol–water partition coefficient (Wildman–Crippen LogP) is 6.37. The van der Waals surface area contributed by atoms with Crippen LogP contribution in [0.1, 0.15) is 24.8 Å². The van der Waals surface area contributed by atoms with Crippen LogP contribution in [0.2, 0.25) is 10.0 Å². The molecule has 4 rings (SSSR count). The number of rotatable bonds is 3. The average Bonchev–Trinajstić information content (AvgIpc) is 2.96. The van der Waals surface area contributed by atoms with Crippen LogP contribution in [0.15, 0.2) is 64.5 Å². The molecule has 6 heteroatoms. The Bertz CT molecular complexity index is 920. The molecule has 0 radical (unpaired) electrons. The lowest BCUT2D eigenvalue weighted by molar-refractivity contribution is -0.113. The molecule has 0 spiro atoms. The van der Waals surface area contributed by atoms with Gasteiger partial charge in [-0.25, -0.2) is 0 Å². The highest BCUT2D eigenvalue weighted by molar-refractivity contribution is 8.06. The van der Waals surface area contributed by atoms with Crippen molar-refractivity contribution in [3.05, 3.63) is 80.1 Å². The van der Waals surface area contributed by atoms with Gasteiger partial charge in [0.2, 0.25) is 0 Å². The van der Waals surface area contributed by atoms with Crippen molar-refractivity contribution in [2.75, 3.05) is 11.9 Å². The van der Waals surface area contributed by atoms with E-state index < -0.39 is 0 Å². The van der Waals surface area contributed by atoms with Crippen molar-refractivity contribution < 1.29 is 4.79 Å². The fourth-order valence-electron chi connectivity index (χ4n) is 3.28. The van der Waals surface area contributed by atoms with Crippen molar-refractivity contribution in [2.24, 2.45) is 0 Å². The molecule has 1 N–H and O–H groups in total. The van der Waals surface area contributed by atoms with Crippen molar-refractivity contribution in [3.8, 4) is 0 Å². The van der Waals surface area contributed by atoms with Crippen LogP contribution in [0.4, 0.5) is 5.69 Å². The van der Waals surface area contributed by atoms with Crippen LogP contribution in [0.5, 0.6) is 0 Å². The molecule has 0 aromatic heterocycles. The summed E-state index contributed by atoms with van der Waals surface area (Å²) in [6, 6.07) is 15.0. The lowest BCUT2D eigenvalue weighted by Gasteiger charge is -2.23. The maximum atomic E-state index is 13.0. The van der Waals surface area contributed by atoms with Gasteiger partial charge in [0.05, 0.1) is 10.7 Å². The van der Waals surface area contributed by atoms with Crippen molar-refractivity contribution >= 4 is 52.3 Å². The smallest absolute Gasteiger partial charge is 0.254 e. The second-order valence-electron chi connectivity index (χ2n) is 6.48. The number of carbonyl (C=O) groups is 1. The third-order valence-corrected chi connectivity index (χ3v) is 6.19. The lowest BCUT2D eigenvalue weighted by Crippen LogP contribution is -2.21. The van der Waals surface area contributed by atoms with Gasteiger partial charge in [-0.3, -0.25) is 4.79 Å². The molecule has 2 aromatic carbocycles. The molecule has 2 heterocycles. The molecule has 0 bridgehead atoms. The number of nitrogens with zero attached hydrogens (tertiary/aromatic N) is 1. The van der Waals surface area contributed by atoms with E-state index in [1.54, 1.807) is 23.9 Å². The summed E-state index contributed by atoms with van der Waals surface area (Å²) in [5.74, 6) is -0.0440. The molecule has 3 nitrogen and oxygen atoms in total. The van der Waals surface area contributed by atoms with E-state index in [0.29, 0.717) is 5.02 Å². The molecule has 0 saturated carbocycles. The first-order valence-electron chi connectivity index (χ1n) is 8.82. The summed E-state index contributed by atoms with van der Waals surface area (Å²) in [6.07, 6.45) is 2.82. The molecule has 1 amide bonds. The summed E-state index contributed by atoms with van der Waals surface area (Å²) in [7, 11) is 0. The van der Waals surface area contributed by atoms with Crippen LogP contribution < -0.4 is 5.32 Å². The molecule has 0 fully saturated rings. The Balaban J connectivity index is 1.60.